The van der Waals surface area contributed by atoms with Gasteiger partial charge in [-0.25, -0.2) is 0 Å². The average molecular weight is 142 g/mol. The van der Waals surface area contributed by atoms with E-state index in [1.165, 1.54) is 0 Å². The van der Waals surface area contributed by atoms with Crippen molar-refractivity contribution in [3.63, 3.8) is 0 Å². The fourth-order valence-corrected chi connectivity index (χ4v) is 1.24. The number of hydrogen-bond donors (Lipinski definition) is 1. The monoisotopic (exact) mass is 142 g/mol. The molecule has 1 saturated heterocycles. The van der Waals surface area contributed by atoms with Crippen molar-refractivity contribution in [2.75, 3.05) is 20.2 Å². The van der Waals surface area contributed by atoms with E-state index < -0.39 is 0 Å². The van der Waals surface area contributed by atoms with Crippen LogP contribution in [0.5, 0.6) is 0 Å². The number of hydrogen-bond acceptors (Lipinski definition) is 3. The second-order valence-corrected chi connectivity index (χ2v) is 2.50. The lowest BCUT2D eigenvalue weighted by Gasteiger charge is -2.03. The van der Waals surface area contributed by atoms with Crippen molar-refractivity contribution in [1.29, 1.82) is 0 Å². The summed E-state index contributed by atoms with van der Waals surface area (Å²) in [4.78, 5) is 4.71. The van der Waals surface area contributed by atoms with Gasteiger partial charge < -0.3 is 10.2 Å². The number of oxime groups is 1. The Hall–Kier alpha value is -0.570. The van der Waals surface area contributed by atoms with Crippen molar-refractivity contribution in [3.8, 4) is 0 Å². The fourth-order valence-electron chi connectivity index (χ4n) is 1.24. The minimum atomic E-state index is 0.597. The highest BCUT2D eigenvalue weighted by Crippen LogP contribution is 2.09. The molecule has 0 aromatic rings. The van der Waals surface area contributed by atoms with Crippen molar-refractivity contribution < 1.29 is 4.84 Å². The predicted octanol–water partition coefficient (Wildman–Crippen LogP) is 0.618. The van der Waals surface area contributed by atoms with E-state index in [-0.39, 0.29) is 0 Å². The zero-order chi connectivity index (χ0) is 7.40. The maximum Gasteiger partial charge on any atom is 0.106 e. The standard InChI is InChI=1S/C7H14N2O/c1-3-6-4-8-5-7(6)9-10-2/h6,8H,3-5H2,1-2H3/b9-7+. The van der Waals surface area contributed by atoms with Crippen molar-refractivity contribution in [2.45, 2.75) is 13.3 Å². The summed E-state index contributed by atoms with van der Waals surface area (Å²) < 4.78 is 0. The molecule has 1 heterocycles. The first kappa shape index (κ1) is 7.54. The van der Waals surface area contributed by atoms with Crippen LogP contribution >= 0.6 is 0 Å². The molecule has 0 amide bonds. The third-order valence-corrected chi connectivity index (χ3v) is 1.87. The Bertz CT molecular complexity index is 134. The maximum atomic E-state index is 4.71. The molecule has 0 spiro atoms. The van der Waals surface area contributed by atoms with Gasteiger partial charge >= 0.3 is 0 Å². The Balaban J connectivity index is 2.49. The van der Waals surface area contributed by atoms with Gasteiger partial charge in [0.2, 0.25) is 0 Å². The molecular formula is C7H14N2O. The van der Waals surface area contributed by atoms with Crippen molar-refractivity contribution in [3.05, 3.63) is 0 Å². The minimum Gasteiger partial charge on any atom is -0.399 e. The largest absolute Gasteiger partial charge is 0.399 e. The van der Waals surface area contributed by atoms with Crippen LogP contribution in [0.1, 0.15) is 13.3 Å². The van der Waals surface area contributed by atoms with Gasteiger partial charge in [0.25, 0.3) is 0 Å². The smallest absolute Gasteiger partial charge is 0.106 e. The molecule has 1 atom stereocenters. The average Bonchev–Trinajstić information content (AvgIpc) is 2.36. The molecule has 1 aliphatic rings. The van der Waals surface area contributed by atoms with Gasteiger partial charge in [0, 0.05) is 19.0 Å². The summed E-state index contributed by atoms with van der Waals surface area (Å²) in [5.41, 5.74) is 1.16. The van der Waals surface area contributed by atoms with E-state index in [1.807, 2.05) is 0 Å². The van der Waals surface area contributed by atoms with Crippen LogP contribution in [-0.4, -0.2) is 25.9 Å². The van der Waals surface area contributed by atoms with Crippen LogP contribution in [0, 0.1) is 5.92 Å². The number of rotatable bonds is 2. The zero-order valence-corrected chi connectivity index (χ0v) is 6.55. The topological polar surface area (TPSA) is 33.6 Å². The van der Waals surface area contributed by atoms with Gasteiger partial charge in [-0.3, -0.25) is 0 Å². The molecule has 3 heteroatoms. The van der Waals surface area contributed by atoms with Crippen LogP contribution in [-0.2, 0) is 4.84 Å². The summed E-state index contributed by atoms with van der Waals surface area (Å²) in [6.45, 7) is 4.12. The lowest BCUT2D eigenvalue weighted by molar-refractivity contribution is 0.211. The van der Waals surface area contributed by atoms with Gasteiger partial charge in [-0.1, -0.05) is 12.1 Å². The first-order valence-electron chi connectivity index (χ1n) is 3.69. The molecule has 0 radical (unpaired) electrons. The summed E-state index contributed by atoms with van der Waals surface area (Å²) in [6, 6.07) is 0. The van der Waals surface area contributed by atoms with Gasteiger partial charge in [0.05, 0.1) is 5.71 Å². The summed E-state index contributed by atoms with van der Waals surface area (Å²) in [6.07, 6.45) is 1.15. The van der Waals surface area contributed by atoms with E-state index in [4.69, 9.17) is 4.84 Å². The molecular weight excluding hydrogens is 128 g/mol. The molecule has 0 saturated carbocycles. The normalized spacial score (nSPS) is 29.4. The van der Waals surface area contributed by atoms with E-state index in [0.717, 1.165) is 25.2 Å². The molecule has 1 N–H and O–H groups in total. The van der Waals surface area contributed by atoms with Crippen molar-refractivity contribution in [1.82, 2.24) is 5.32 Å². The molecule has 1 aliphatic heterocycles. The van der Waals surface area contributed by atoms with Crippen LogP contribution in [0.2, 0.25) is 0 Å². The van der Waals surface area contributed by atoms with Crippen LogP contribution in [0.15, 0.2) is 5.16 Å². The third-order valence-electron chi connectivity index (χ3n) is 1.87. The van der Waals surface area contributed by atoms with Crippen LogP contribution in [0.4, 0.5) is 0 Å². The molecule has 0 bridgehead atoms. The molecule has 3 nitrogen and oxygen atoms in total. The fraction of sp³-hybridized carbons (Fsp3) is 0.857. The Morgan fingerprint density at radius 2 is 2.60 bits per heavy atom. The Morgan fingerprint density at radius 1 is 1.80 bits per heavy atom. The lowest BCUT2D eigenvalue weighted by Crippen LogP contribution is -2.10. The Morgan fingerprint density at radius 3 is 3.20 bits per heavy atom. The van der Waals surface area contributed by atoms with E-state index in [9.17, 15) is 0 Å². The third kappa shape index (κ3) is 1.48. The first-order chi connectivity index (χ1) is 4.88. The Labute approximate surface area is 61.4 Å². The predicted molar refractivity (Wildman–Crippen MR) is 41.1 cm³/mol. The van der Waals surface area contributed by atoms with Gasteiger partial charge in [-0.05, 0) is 6.42 Å². The lowest BCUT2D eigenvalue weighted by atomic mass is 10.1. The molecule has 1 unspecified atom stereocenters. The van der Waals surface area contributed by atoms with Gasteiger partial charge in [-0.15, -0.1) is 0 Å². The van der Waals surface area contributed by atoms with Crippen molar-refractivity contribution >= 4 is 5.71 Å². The highest BCUT2D eigenvalue weighted by Gasteiger charge is 2.20. The Kier molecular flexibility index (Phi) is 2.68. The molecule has 0 aromatic heterocycles. The highest BCUT2D eigenvalue weighted by molar-refractivity contribution is 5.90. The quantitative estimate of drug-likeness (QED) is 0.573. The zero-order valence-electron chi connectivity index (χ0n) is 6.55. The number of nitrogens with one attached hydrogen (secondary N) is 1. The highest BCUT2D eigenvalue weighted by atomic mass is 16.6. The van der Waals surface area contributed by atoms with Crippen LogP contribution in [0.3, 0.4) is 0 Å². The van der Waals surface area contributed by atoms with E-state index in [2.05, 4.69) is 17.4 Å². The van der Waals surface area contributed by atoms with Crippen molar-refractivity contribution in [2.24, 2.45) is 11.1 Å². The van der Waals surface area contributed by atoms with Crippen LogP contribution < -0.4 is 5.32 Å². The van der Waals surface area contributed by atoms with E-state index >= 15 is 0 Å². The molecule has 0 aliphatic carbocycles. The molecule has 1 fully saturated rings. The SMILES string of the molecule is CCC1CNC/C1=N\OC. The summed E-state index contributed by atoms with van der Waals surface area (Å²) in [5, 5.41) is 7.18. The number of nitrogens with zero attached hydrogens (tertiary/aromatic N) is 1. The summed E-state index contributed by atoms with van der Waals surface area (Å²) >= 11 is 0. The molecule has 0 aromatic carbocycles. The molecule has 58 valence electrons. The summed E-state index contributed by atoms with van der Waals surface area (Å²) in [5.74, 6) is 0.597. The van der Waals surface area contributed by atoms with Gasteiger partial charge in [-0.2, -0.15) is 0 Å². The maximum absolute atomic E-state index is 4.71. The summed E-state index contributed by atoms with van der Waals surface area (Å²) in [7, 11) is 1.60. The second-order valence-electron chi connectivity index (χ2n) is 2.50. The van der Waals surface area contributed by atoms with Crippen LogP contribution in [0.25, 0.3) is 0 Å². The second kappa shape index (κ2) is 3.56. The molecule has 10 heavy (non-hydrogen) atoms. The first-order valence-corrected chi connectivity index (χ1v) is 3.69. The molecule has 1 rings (SSSR count). The minimum absolute atomic E-state index is 0.597. The van der Waals surface area contributed by atoms with E-state index in [0.29, 0.717) is 5.92 Å². The van der Waals surface area contributed by atoms with Gasteiger partial charge in [0.1, 0.15) is 7.11 Å². The van der Waals surface area contributed by atoms with Gasteiger partial charge in [0.15, 0.2) is 0 Å². The van der Waals surface area contributed by atoms with E-state index in [1.54, 1.807) is 7.11 Å².